The number of rotatable bonds is 7. The summed E-state index contributed by atoms with van der Waals surface area (Å²) >= 11 is 0. The number of unbranched alkanes of at least 4 members (excludes halogenated alkanes) is 1. The van der Waals surface area contributed by atoms with Crippen LogP contribution in [-0.4, -0.2) is 24.2 Å². The molecular formula is C14H23N3. The normalized spacial score (nSPS) is 11.5. The van der Waals surface area contributed by atoms with Crippen LogP contribution in [0.15, 0.2) is 29.4 Å². The van der Waals surface area contributed by atoms with Gasteiger partial charge in [-0.05, 0) is 36.7 Å². The van der Waals surface area contributed by atoms with Crippen molar-refractivity contribution in [2.75, 3.05) is 13.1 Å². The molecule has 0 aromatic heterocycles. The lowest BCUT2D eigenvalue weighted by molar-refractivity contribution is 0.275. The van der Waals surface area contributed by atoms with E-state index in [1.54, 1.807) is 6.21 Å². The predicted molar refractivity (Wildman–Crippen MR) is 74.1 cm³/mol. The fourth-order valence-electron chi connectivity index (χ4n) is 1.85. The molecule has 0 saturated carbocycles. The highest BCUT2D eigenvalue weighted by atomic mass is 15.1. The van der Waals surface area contributed by atoms with E-state index in [9.17, 15) is 0 Å². The van der Waals surface area contributed by atoms with Gasteiger partial charge in [-0.1, -0.05) is 38.5 Å². The van der Waals surface area contributed by atoms with Crippen molar-refractivity contribution in [1.29, 1.82) is 0 Å². The summed E-state index contributed by atoms with van der Waals surface area (Å²) in [5, 5.41) is 3.56. The number of hydrogen-bond acceptors (Lipinski definition) is 3. The van der Waals surface area contributed by atoms with E-state index in [0.29, 0.717) is 0 Å². The van der Waals surface area contributed by atoms with Gasteiger partial charge in [-0.2, -0.15) is 5.10 Å². The van der Waals surface area contributed by atoms with E-state index in [1.807, 2.05) is 6.07 Å². The van der Waals surface area contributed by atoms with Gasteiger partial charge in [0.25, 0.3) is 0 Å². The molecule has 0 aliphatic heterocycles. The summed E-state index contributed by atoms with van der Waals surface area (Å²) in [4.78, 5) is 2.46. The molecule has 0 unspecified atom stereocenters. The van der Waals surface area contributed by atoms with Crippen molar-refractivity contribution >= 4 is 6.21 Å². The first kappa shape index (κ1) is 13.7. The minimum absolute atomic E-state index is 1.00. The molecule has 1 rings (SSSR count). The quantitative estimate of drug-likeness (QED) is 0.447. The molecule has 2 N–H and O–H groups in total. The maximum absolute atomic E-state index is 5.16. The van der Waals surface area contributed by atoms with Gasteiger partial charge in [0.15, 0.2) is 0 Å². The maximum atomic E-state index is 5.16. The molecule has 0 radical (unpaired) electrons. The highest BCUT2D eigenvalue weighted by Crippen LogP contribution is 2.08. The number of hydrogen-bond donors (Lipinski definition) is 1. The third kappa shape index (κ3) is 5.00. The van der Waals surface area contributed by atoms with E-state index < -0.39 is 0 Å². The molecule has 1 aromatic carbocycles. The van der Waals surface area contributed by atoms with Crippen LogP contribution in [0.3, 0.4) is 0 Å². The van der Waals surface area contributed by atoms with Crippen LogP contribution in [0, 0.1) is 0 Å². The fourth-order valence-corrected chi connectivity index (χ4v) is 1.85. The smallest absolute Gasteiger partial charge is 0.0538 e. The zero-order valence-electron chi connectivity index (χ0n) is 10.9. The second-order valence-electron chi connectivity index (χ2n) is 4.25. The molecule has 0 saturated heterocycles. The Morgan fingerprint density at radius 2 is 2.18 bits per heavy atom. The first-order chi connectivity index (χ1) is 8.30. The topological polar surface area (TPSA) is 41.6 Å². The molecule has 0 fully saturated rings. The minimum atomic E-state index is 1.00. The average molecular weight is 233 g/mol. The number of benzene rings is 1. The van der Waals surface area contributed by atoms with Crippen LogP contribution in [0.5, 0.6) is 0 Å². The van der Waals surface area contributed by atoms with Crippen LogP contribution in [-0.2, 0) is 6.54 Å². The molecule has 3 heteroatoms. The fraction of sp³-hybridized carbons (Fsp3) is 0.500. The Bertz CT molecular complexity index is 347. The van der Waals surface area contributed by atoms with Gasteiger partial charge in [0.05, 0.1) is 6.21 Å². The Hall–Kier alpha value is -1.35. The second kappa shape index (κ2) is 7.85. The van der Waals surface area contributed by atoms with Gasteiger partial charge in [-0.15, -0.1) is 0 Å². The van der Waals surface area contributed by atoms with Crippen molar-refractivity contribution in [3.63, 3.8) is 0 Å². The summed E-state index contributed by atoms with van der Waals surface area (Å²) in [6.07, 6.45) is 4.19. The van der Waals surface area contributed by atoms with Gasteiger partial charge < -0.3 is 5.84 Å². The molecule has 17 heavy (non-hydrogen) atoms. The van der Waals surface area contributed by atoms with Crippen LogP contribution >= 0.6 is 0 Å². The van der Waals surface area contributed by atoms with Gasteiger partial charge in [0.1, 0.15) is 0 Å². The van der Waals surface area contributed by atoms with Crippen molar-refractivity contribution in [3.8, 4) is 0 Å². The molecule has 0 aliphatic carbocycles. The lowest BCUT2D eigenvalue weighted by atomic mass is 10.1. The summed E-state index contributed by atoms with van der Waals surface area (Å²) in [5.74, 6) is 5.16. The molecular weight excluding hydrogens is 210 g/mol. The van der Waals surface area contributed by atoms with Gasteiger partial charge in [-0.25, -0.2) is 0 Å². The summed E-state index contributed by atoms with van der Waals surface area (Å²) in [7, 11) is 0. The monoisotopic (exact) mass is 233 g/mol. The summed E-state index contributed by atoms with van der Waals surface area (Å²) < 4.78 is 0. The molecule has 0 atom stereocenters. The van der Waals surface area contributed by atoms with Gasteiger partial charge in [-0.3, -0.25) is 4.90 Å². The number of nitrogens with zero attached hydrogens (tertiary/aromatic N) is 2. The molecule has 94 valence electrons. The number of hydrazone groups is 1. The SMILES string of the molecule is CCCCN(CC)Cc1cccc(C=NN)c1. The van der Waals surface area contributed by atoms with Crippen LogP contribution < -0.4 is 5.84 Å². The Morgan fingerprint density at radius 3 is 2.82 bits per heavy atom. The van der Waals surface area contributed by atoms with Crippen molar-refractivity contribution in [3.05, 3.63) is 35.4 Å². The Morgan fingerprint density at radius 1 is 1.35 bits per heavy atom. The summed E-state index contributed by atoms with van der Waals surface area (Å²) in [6.45, 7) is 7.70. The van der Waals surface area contributed by atoms with Crippen LogP contribution in [0.2, 0.25) is 0 Å². The third-order valence-electron chi connectivity index (χ3n) is 2.86. The van der Waals surface area contributed by atoms with E-state index in [-0.39, 0.29) is 0 Å². The van der Waals surface area contributed by atoms with E-state index in [2.05, 4.69) is 42.0 Å². The van der Waals surface area contributed by atoms with E-state index in [1.165, 1.54) is 24.9 Å². The third-order valence-corrected chi connectivity index (χ3v) is 2.86. The zero-order valence-corrected chi connectivity index (χ0v) is 10.9. The minimum Gasteiger partial charge on any atom is -0.323 e. The molecule has 0 aliphatic rings. The molecule has 0 amide bonds. The average Bonchev–Trinajstić information content (AvgIpc) is 2.35. The molecule has 3 nitrogen and oxygen atoms in total. The zero-order chi connectivity index (χ0) is 12.5. The van der Waals surface area contributed by atoms with E-state index >= 15 is 0 Å². The first-order valence-electron chi connectivity index (χ1n) is 6.34. The van der Waals surface area contributed by atoms with Gasteiger partial charge in [0, 0.05) is 6.54 Å². The van der Waals surface area contributed by atoms with Crippen molar-refractivity contribution in [2.24, 2.45) is 10.9 Å². The molecule has 0 heterocycles. The van der Waals surface area contributed by atoms with Crippen molar-refractivity contribution < 1.29 is 0 Å². The lowest BCUT2D eigenvalue weighted by Gasteiger charge is -2.20. The highest BCUT2D eigenvalue weighted by Gasteiger charge is 2.03. The van der Waals surface area contributed by atoms with E-state index in [0.717, 1.165) is 18.7 Å². The number of nitrogens with two attached hydrogens (primary N) is 1. The van der Waals surface area contributed by atoms with Crippen molar-refractivity contribution in [1.82, 2.24) is 4.90 Å². The second-order valence-corrected chi connectivity index (χ2v) is 4.25. The lowest BCUT2D eigenvalue weighted by Crippen LogP contribution is -2.23. The van der Waals surface area contributed by atoms with Gasteiger partial charge >= 0.3 is 0 Å². The van der Waals surface area contributed by atoms with Crippen LogP contribution in [0.4, 0.5) is 0 Å². The Kier molecular flexibility index (Phi) is 6.33. The molecule has 1 aromatic rings. The molecule has 0 bridgehead atoms. The van der Waals surface area contributed by atoms with Gasteiger partial charge in [0.2, 0.25) is 0 Å². The summed E-state index contributed by atoms with van der Waals surface area (Å²) in [5.41, 5.74) is 2.39. The maximum Gasteiger partial charge on any atom is 0.0538 e. The Balaban J connectivity index is 2.62. The van der Waals surface area contributed by atoms with E-state index in [4.69, 9.17) is 5.84 Å². The largest absolute Gasteiger partial charge is 0.323 e. The highest BCUT2D eigenvalue weighted by molar-refractivity contribution is 5.79. The first-order valence-corrected chi connectivity index (χ1v) is 6.34. The van der Waals surface area contributed by atoms with Crippen LogP contribution in [0.25, 0.3) is 0 Å². The van der Waals surface area contributed by atoms with Crippen molar-refractivity contribution in [2.45, 2.75) is 33.2 Å². The van der Waals surface area contributed by atoms with Crippen LogP contribution in [0.1, 0.15) is 37.8 Å². The standard InChI is InChI=1S/C14H23N3/c1-3-5-9-17(4-2)12-14-8-6-7-13(10-14)11-16-15/h6-8,10-11H,3-5,9,12,15H2,1-2H3. The summed E-state index contributed by atoms with van der Waals surface area (Å²) in [6, 6.07) is 8.37. The molecule has 0 spiro atoms. The predicted octanol–water partition coefficient (Wildman–Crippen LogP) is 2.60. The Labute approximate surface area is 104 Å².